The van der Waals surface area contributed by atoms with Crippen molar-refractivity contribution in [2.45, 2.75) is 19.3 Å². The van der Waals surface area contributed by atoms with Crippen LogP contribution in [-0.4, -0.2) is 25.9 Å². The molecule has 2 aromatic carbocycles. The molecule has 1 heterocycles. The zero-order chi connectivity index (χ0) is 17.1. The molecular weight excluding hydrogens is 302 g/mol. The summed E-state index contributed by atoms with van der Waals surface area (Å²) in [5.74, 6) is 0.00145. The van der Waals surface area contributed by atoms with Gasteiger partial charge in [0.25, 0.3) is 0 Å². The minimum absolute atomic E-state index is 0.0487. The second-order valence-electron chi connectivity index (χ2n) is 6.21. The molecule has 0 saturated carbocycles. The number of carbonyl (C=O) groups is 2. The quantitative estimate of drug-likeness (QED) is 0.909. The van der Waals surface area contributed by atoms with Gasteiger partial charge in [-0.3, -0.25) is 9.59 Å². The summed E-state index contributed by atoms with van der Waals surface area (Å²) in [6.07, 6.45) is 1.54. The normalized spacial score (nSPS) is 13.0. The first kappa shape index (κ1) is 16.1. The van der Waals surface area contributed by atoms with Gasteiger partial charge in [-0.25, -0.2) is 0 Å². The lowest BCUT2D eigenvalue weighted by molar-refractivity contribution is -0.117. The highest BCUT2D eigenvalue weighted by Gasteiger charge is 2.15. The highest BCUT2D eigenvalue weighted by Crippen LogP contribution is 2.24. The number of nitrogens with one attached hydrogen (secondary N) is 2. The molecule has 0 fully saturated rings. The summed E-state index contributed by atoms with van der Waals surface area (Å²) < 4.78 is 0. The third kappa shape index (κ3) is 3.74. The van der Waals surface area contributed by atoms with Gasteiger partial charge in [0.15, 0.2) is 0 Å². The lowest BCUT2D eigenvalue weighted by Gasteiger charge is -2.17. The molecule has 0 atom stereocenters. The van der Waals surface area contributed by atoms with Crippen LogP contribution in [0.5, 0.6) is 0 Å². The Labute approximate surface area is 141 Å². The fourth-order valence-electron chi connectivity index (χ4n) is 2.78. The summed E-state index contributed by atoms with van der Waals surface area (Å²) in [7, 11) is 3.96. The molecule has 24 heavy (non-hydrogen) atoms. The second-order valence-corrected chi connectivity index (χ2v) is 6.21. The summed E-state index contributed by atoms with van der Waals surface area (Å²) in [4.78, 5) is 25.6. The molecule has 2 aromatic rings. The van der Waals surface area contributed by atoms with E-state index in [1.165, 1.54) is 0 Å². The summed E-state index contributed by atoms with van der Waals surface area (Å²) in [5.41, 5.74) is 4.78. The van der Waals surface area contributed by atoms with Crippen LogP contribution in [0.15, 0.2) is 42.5 Å². The number of amides is 2. The van der Waals surface area contributed by atoms with Gasteiger partial charge in [-0.15, -0.1) is 0 Å². The van der Waals surface area contributed by atoms with Crippen LogP contribution in [0.4, 0.5) is 17.1 Å². The van der Waals surface area contributed by atoms with Crippen LogP contribution in [0.1, 0.15) is 17.5 Å². The van der Waals surface area contributed by atoms with Gasteiger partial charge in [-0.2, -0.15) is 0 Å². The van der Waals surface area contributed by atoms with Crippen LogP contribution in [0, 0.1) is 0 Å². The molecule has 124 valence electrons. The van der Waals surface area contributed by atoms with E-state index in [4.69, 9.17) is 0 Å². The predicted molar refractivity (Wildman–Crippen MR) is 96.5 cm³/mol. The van der Waals surface area contributed by atoms with Crippen LogP contribution in [0.3, 0.4) is 0 Å². The average molecular weight is 323 g/mol. The topological polar surface area (TPSA) is 61.4 Å². The second kappa shape index (κ2) is 6.74. The molecule has 1 aliphatic heterocycles. The number of fused-ring (bicyclic) bond motifs is 1. The van der Waals surface area contributed by atoms with E-state index in [2.05, 4.69) is 10.6 Å². The molecule has 1 aliphatic rings. The lowest BCUT2D eigenvalue weighted by Crippen LogP contribution is -2.19. The minimum Gasteiger partial charge on any atom is -0.378 e. The molecule has 5 nitrogen and oxygen atoms in total. The number of rotatable bonds is 4. The molecule has 0 unspecified atom stereocenters. The van der Waals surface area contributed by atoms with Crippen molar-refractivity contribution < 1.29 is 9.59 Å². The van der Waals surface area contributed by atoms with E-state index in [1.807, 2.05) is 61.5 Å². The van der Waals surface area contributed by atoms with Gasteiger partial charge in [0.05, 0.1) is 6.42 Å². The van der Waals surface area contributed by atoms with E-state index < -0.39 is 0 Å². The largest absolute Gasteiger partial charge is 0.378 e. The highest BCUT2D eigenvalue weighted by molar-refractivity contribution is 5.95. The lowest BCUT2D eigenvalue weighted by atomic mass is 9.99. The molecule has 0 radical (unpaired) electrons. The van der Waals surface area contributed by atoms with Gasteiger partial charge in [-0.05, 0) is 47.9 Å². The molecule has 0 spiro atoms. The number of anilines is 3. The van der Waals surface area contributed by atoms with E-state index in [-0.39, 0.29) is 11.8 Å². The van der Waals surface area contributed by atoms with Gasteiger partial charge in [-0.1, -0.05) is 12.1 Å². The van der Waals surface area contributed by atoms with Gasteiger partial charge in [0.2, 0.25) is 11.8 Å². The Morgan fingerprint density at radius 1 is 1.12 bits per heavy atom. The maximum absolute atomic E-state index is 12.2. The fraction of sp³-hybridized carbons (Fsp3) is 0.263. The van der Waals surface area contributed by atoms with Crippen LogP contribution < -0.4 is 15.5 Å². The first-order valence-electron chi connectivity index (χ1n) is 8.00. The van der Waals surface area contributed by atoms with Gasteiger partial charge in [0.1, 0.15) is 0 Å². The van der Waals surface area contributed by atoms with Crippen molar-refractivity contribution in [1.29, 1.82) is 0 Å². The summed E-state index contributed by atoms with van der Waals surface area (Å²) in [6, 6.07) is 13.5. The maximum Gasteiger partial charge on any atom is 0.228 e. The number of carbonyl (C=O) groups excluding carboxylic acids is 2. The van der Waals surface area contributed by atoms with Gasteiger partial charge < -0.3 is 15.5 Å². The Bertz CT molecular complexity index is 767. The Kier molecular flexibility index (Phi) is 4.51. The van der Waals surface area contributed by atoms with E-state index >= 15 is 0 Å². The Hall–Kier alpha value is -2.82. The van der Waals surface area contributed by atoms with E-state index in [9.17, 15) is 9.59 Å². The van der Waals surface area contributed by atoms with E-state index in [1.54, 1.807) is 0 Å². The molecule has 0 aliphatic carbocycles. The molecule has 2 amide bonds. The SMILES string of the molecule is CN(C)c1ccc(NC(=O)Cc2ccc3c(c2)CCC(=O)N3)cc1. The van der Waals surface area contributed by atoms with Crippen molar-refractivity contribution in [2.24, 2.45) is 0 Å². The maximum atomic E-state index is 12.2. The van der Waals surface area contributed by atoms with E-state index in [0.29, 0.717) is 12.8 Å². The molecule has 0 bridgehead atoms. The molecule has 2 N–H and O–H groups in total. The fourth-order valence-corrected chi connectivity index (χ4v) is 2.78. The third-order valence-electron chi connectivity index (χ3n) is 4.10. The van der Waals surface area contributed by atoms with Crippen LogP contribution in [-0.2, 0) is 22.4 Å². The van der Waals surface area contributed by atoms with E-state index in [0.717, 1.165) is 34.6 Å². The number of benzene rings is 2. The summed E-state index contributed by atoms with van der Waals surface area (Å²) >= 11 is 0. The van der Waals surface area contributed by atoms with Crippen molar-refractivity contribution in [3.63, 3.8) is 0 Å². The van der Waals surface area contributed by atoms with Crippen molar-refractivity contribution >= 4 is 28.9 Å². The van der Waals surface area contributed by atoms with Crippen molar-refractivity contribution in [2.75, 3.05) is 29.6 Å². The third-order valence-corrected chi connectivity index (χ3v) is 4.10. The summed E-state index contributed by atoms with van der Waals surface area (Å²) in [5, 5.41) is 5.77. The Balaban J connectivity index is 1.63. The summed E-state index contributed by atoms with van der Waals surface area (Å²) in [6.45, 7) is 0. The average Bonchev–Trinajstić information content (AvgIpc) is 2.55. The molecule has 3 rings (SSSR count). The molecule has 5 heteroatoms. The van der Waals surface area contributed by atoms with Crippen LogP contribution >= 0.6 is 0 Å². The number of hydrogen-bond acceptors (Lipinski definition) is 3. The monoisotopic (exact) mass is 323 g/mol. The zero-order valence-electron chi connectivity index (χ0n) is 13.9. The zero-order valence-corrected chi connectivity index (χ0v) is 13.9. The van der Waals surface area contributed by atoms with Crippen LogP contribution in [0.2, 0.25) is 0 Å². The minimum atomic E-state index is -0.0487. The molecule has 0 saturated heterocycles. The van der Waals surface area contributed by atoms with Crippen molar-refractivity contribution in [3.8, 4) is 0 Å². The first-order valence-corrected chi connectivity index (χ1v) is 8.00. The Morgan fingerprint density at radius 3 is 2.58 bits per heavy atom. The number of nitrogens with zero attached hydrogens (tertiary/aromatic N) is 1. The Morgan fingerprint density at radius 2 is 1.88 bits per heavy atom. The van der Waals surface area contributed by atoms with Gasteiger partial charge in [0, 0.05) is 37.6 Å². The van der Waals surface area contributed by atoms with Crippen molar-refractivity contribution in [1.82, 2.24) is 0 Å². The molecule has 0 aromatic heterocycles. The van der Waals surface area contributed by atoms with Crippen molar-refractivity contribution in [3.05, 3.63) is 53.6 Å². The van der Waals surface area contributed by atoms with Gasteiger partial charge >= 0.3 is 0 Å². The number of aryl methyl sites for hydroxylation is 1. The number of hydrogen-bond donors (Lipinski definition) is 2. The highest BCUT2D eigenvalue weighted by atomic mass is 16.2. The molecular formula is C19H21N3O2. The predicted octanol–water partition coefficient (Wildman–Crippen LogP) is 2.82. The first-order chi connectivity index (χ1) is 11.5. The van der Waals surface area contributed by atoms with Crippen LogP contribution in [0.25, 0.3) is 0 Å². The standard InChI is InChI=1S/C19H21N3O2/c1-22(2)16-7-5-15(6-8-16)20-19(24)12-13-3-9-17-14(11-13)4-10-18(23)21-17/h3,5-9,11H,4,10,12H2,1-2H3,(H,20,24)(H,21,23). The smallest absolute Gasteiger partial charge is 0.228 e.